The van der Waals surface area contributed by atoms with Crippen LogP contribution in [0.1, 0.15) is 17.3 Å². The minimum absolute atomic E-state index is 0.0638. The van der Waals surface area contributed by atoms with Crippen LogP contribution in [0.25, 0.3) is 0 Å². The summed E-state index contributed by atoms with van der Waals surface area (Å²) in [7, 11) is 4.05. The van der Waals surface area contributed by atoms with Gasteiger partial charge < -0.3 is 20.6 Å². The lowest BCUT2D eigenvalue weighted by Gasteiger charge is -2.22. The van der Waals surface area contributed by atoms with E-state index >= 15 is 0 Å². The largest absolute Gasteiger partial charge is 0.508 e. The number of carbonyl (C=O) groups is 1. The summed E-state index contributed by atoms with van der Waals surface area (Å²) in [6.45, 7) is 3.56. The van der Waals surface area contributed by atoms with Gasteiger partial charge in [0.25, 0.3) is 5.91 Å². The molecule has 104 valence electrons. The number of phenols is 1. The van der Waals surface area contributed by atoms with Crippen molar-refractivity contribution in [3.63, 3.8) is 0 Å². The molecule has 1 saturated heterocycles. The summed E-state index contributed by atoms with van der Waals surface area (Å²) in [5, 5.41) is 9.49. The Labute approximate surface area is 113 Å². The number of nitrogens with zero attached hydrogens (tertiary/aromatic N) is 2. The Morgan fingerprint density at radius 2 is 2.11 bits per heavy atom. The first-order valence-electron chi connectivity index (χ1n) is 6.44. The van der Waals surface area contributed by atoms with Crippen molar-refractivity contribution in [2.75, 3.05) is 32.9 Å². The van der Waals surface area contributed by atoms with Gasteiger partial charge >= 0.3 is 0 Å². The van der Waals surface area contributed by atoms with Crippen LogP contribution in [0.3, 0.4) is 0 Å². The molecule has 2 unspecified atom stereocenters. The fraction of sp³-hybridized carbons (Fsp3) is 0.500. The van der Waals surface area contributed by atoms with E-state index < -0.39 is 0 Å². The zero-order valence-electron chi connectivity index (χ0n) is 11.6. The molecule has 0 bridgehead atoms. The van der Waals surface area contributed by atoms with Gasteiger partial charge in [-0.15, -0.1) is 0 Å². The molecule has 0 spiro atoms. The molecule has 0 aliphatic carbocycles. The Hall–Kier alpha value is -1.75. The number of amides is 1. The zero-order valence-corrected chi connectivity index (χ0v) is 11.6. The number of hydrogen-bond acceptors (Lipinski definition) is 4. The van der Waals surface area contributed by atoms with E-state index in [1.54, 1.807) is 11.0 Å². The van der Waals surface area contributed by atoms with Crippen molar-refractivity contribution in [2.45, 2.75) is 13.0 Å². The monoisotopic (exact) mass is 263 g/mol. The Bertz CT molecular complexity index is 488. The third-order valence-corrected chi connectivity index (χ3v) is 3.79. The molecule has 1 amide bonds. The highest BCUT2D eigenvalue weighted by molar-refractivity contribution is 5.99. The van der Waals surface area contributed by atoms with Crippen LogP contribution in [-0.4, -0.2) is 54.0 Å². The zero-order chi connectivity index (χ0) is 14.2. The van der Waals surface area contributed by atoms with Gasteiger partial charge in [0.05, 0.1) is 5.56 Å². The van der Waals surface area contributed by atoms with Crippen LogP contribution in [0, 0.1) is 5.92 Å². The summed E-state index contributed by atoms with van der Waals surface area (Å²) in [5.41, 5.74) is 6.61. The van der Waals surface area contributed by atoms with Crippen molar-refractivity contribution in [2.24, 2.45) is 5.92 Å². The van der Waals surface area contributed by atoms with Gasteiger partial charge in [0.15, 0.2) is 0 Å². The molecule has 1 aliphatic rings. The molecule has 3 N–H and O–H groups in total. The predicted molar refractivity (Wildman–Crippen MR) is 75.1 cm³/mol. The Morgan fingerprint density at radius 3 is 2.68 bits per heavy atom. The van der Waals surface area contributed by atoms with E-state index in [1.807, 2.05) is 14.1 Å². The fourth-order valence-electron chi connectivity index (χ4n) is 2.69. The number of phenolic OH excluding ortho intramolecular Hbond substituents is 1. The smallest absolute Gasteiger partial charge is 0.256 e. The molecule has 2 rings (SSSR count). The van der Waals surface area contributed by atoms with Gasteiger partial charge in [-0.2, -0.15) is 0 Å². The van der Waals surface area contributed by atoms with Crippen molar-refractivity contribution in [1.29, 1.82) is 0 Å². The standard InChI is InChI=1S/C14H21N3O2/c1-9-7-17(8-13(9)16(2)3)14(19)11-6-10(18)4-5-12(11)15/h4-6,9,13,18H,7-8,15H2,1-3H3. The predicted octanol–water partition coefficient (Wildman–Crippen LogP) is 0.996. The maximum Gasteiger partial charge on any atom is 0.256 e. The molecule has 1 aromatic rings. The summed E-state index contributed by atoms with van der Waals surface area (Å²) >= 11 is 0. The Balaban J connectivity index is 2.19. The first kappa shape index (κ1) is 13.7. The average Bonchev–Trinajstić information content (AvgIpc) is 2.74. The van der Waals surface area contributed by atoms with E-state index in [-0.39, 0.29) is 11.7 Å². The van der Waals surface area contributed by atoms with Gasteiger partial charge in [-0.3, -0.25) is 4.79 Å². The molecule has 2 atom stereocenters. The van der Waals surface area contributed by atoms with E-state index in [1.165, 1.54) is 12.1 Å². The molecule has 1 fully saturated rings. The number of nitrogens with two attached hydrogens (primary N) is 1. The van der Waals surface area contributed by atoms with Crippen LogP contribution in [0.4, 0.5) is 5.69 Å². The number of aromatic hydroxyl groups is 1. The molecular weight excluding hydrogens is 242 g/mol. The van der Waals surface area contributed by atoms with E-state index in [4.69, 9.17) is 5.73 Å². The number of carbonyl (C=O) groups excluding carboxylic acids is 1. The van der Waals surface area contributed by atoms with Crippen LogP contribution in [0.5, 0.6) is 5.75 Å². The highest BCUT2D eigenvalue weighted by Gasteiger charge is 2.34. The van der Waals surface area contributed by atoms with Crippen molar-refractivity contribution in [3.05, 3.63) is 23.8 Å². The van der Waals surface area contributed by atoms with Crippen molar-refractivity contribution >= 4 is 11.6 Å². The molecule has 5 heteroatoms. The van der Waals surface area contributed by atoms with Crippen LogP contribution < -0.4 is 5.73 Å². The van der Waals surface area contributed by atoms with E-state index in [2.05, 4.69) is 11.8 Å². The van der Waals surface area contributed by atoms with E-state index in [0.717, 1.165) is 6.54 Å². The summed E-state index contributed by atoms with van der Waals surface area (Å²) < 4.78 is 0. The second-order valence-electron chi connectivity index (χ2n) is 5.49. The normalized spacial score (nSPS) is 23.1. The lowest BCUT2D eigenvalue weighted by atomic mass is 10.1. The van der Waals surface area contributed by atoms with Gasteiger partial charge in [0.1, 0.15) is 5.75 Å². The molecule has 1 aliphatic heterocycles. The lowest BCUT2D eigenvalue weighted by molar-refractivity contribution is 0.0782. The number of nitrogen functional groups attached to an aromatic ring is 1. The maximum absolute atomic E-state index is 12.5. The third kappa shape index (κ3) is 2.66. The van der Waals surface area contributed by atoms with Crippen LogP contribution in [-0.2, 0) is 0 Å². The second kappa shape index (κ2) is 5.09. The molecule has 1 aromatic carbocycles. The SMILES string of the molecule is CC1CN(C(=O)c2cc(O)ccc2N)CC1N(C)C. The van der Waals surface area contributed by atoms with E-state index in [0.29, 0.717) is 29.8 Å². The quantitative estimate of drug-likeness (QED) is 0.617. The molecule has 0 aromatic heterocycles. The average molecular weight is 263 g/mol. The summed E-state index contributed by atoms with van der Waals surface area (Å²) in [5.74, 6) is 0.385. The molecule has 1 heterocycles. The minimum Gasteiger partial charge on any atom is -0.508 e. The summed E-state index contributed by atoms with van der Waals surface area (Å²) in [6.07, 6.45) is 0. The highest BCUT2D eigenvalue weighted by atomic mass is 16.3. The molecule has 5 nitrogen and oxygen atoms in total. The van der Waals surface area contributed by atoms with Crippen LogP contribution in [0.2, 0.25) is 0 Å². The molecule has 0 saturated carbocycles. The number of likely N-dealkylation sites (tertiary alicyclic amines) is 1. The van der Waals surface area contributed by atoms with E-state index in [9.17, 15) is 9.90 Å². The number of anilines is 1. The minimum atomic E-state index is -0.107. The Kier molecular flexibility index (Phi) is 3.66. The van der Waals surface area contributed by atoms with Crippen molar-refractivity contribution < 1.29 is 9.90 Å². The first-order valence-corrected chi connectivity index (χ1v) is 6.44. The van der Waals surface area contributed by atoms with Crippen molar-refractivity contribution in [1.82, 2.24) is 9.80 Å². The third-order valence-electron chi connectivity index (χ3n) is 3.79. The number of likely N-dealkylation sites (N-methyl/N-ethyl adjacent to an activating group) is 1. The van der Waals surface area contributed by atoms with Crippen LogP contribution >= 0.6 is 0 Å². The molecule has 0 radical (unpaired) electrons. The maximum atomic E-state index is 12.5. The van der Waals surface area contributed by atoms with Crippen molar-refractivity contribution in [3.8, 4) is 5.75 Å². The highest BCUT2D eigenvalue weighted by Crippen LogP contribution is 2.25. The summed E-state index contributed by atoms with van der Waals surface area (Å²) in [6, 6.07) is 4.85. The van der Waals surface area contributed by atoms with Gasteiger partial charge in [0, 0.05) is 24.8 Å². The lowest BCUT2D eigenvalue weighted by Crippen LogP contribution is -2.35. The molecule has 19 heavy (non-hydrogen) atoms. The van der Waals surface area contributed by atoms with Gasteiger partial charge in [0.2, 0.25) is 0 Å². The first-order chi connectivity index (χ1) is 8.90. The number of benzene rings is 1. The topological polar surface area (TPSA) is 69.8 Å². The molecular formula is C14H21N3O2. The van der Waals surface area contributed by atoms with Gasteiger partial charge in [-0.05, 0) is 38.2 Å². The fourth-order valence-corrected chi connectivity index (χ4v) is 2.69. The van der Waals surface area contributed by atoms with Gasteiger partial charge in [-0.1, -0.05) is 6.92 Å². The second-order valence-corrected chi connectivity index (χ2v) is 5.49. The van der Waals surface area contributed by atoms with Crippen LogP contribution in [0.15, 0.2) is 18.2 Å². The number of rotatable bonds is 2. The van der Waals surface area contributed by atoms with Gasteiger partial charge in [-0.25, -0.2) is 0 Å². The Morgan fingerprint density at radius 1 is 1.42 bits per heavy atom. The number of hydrogen-bond donors (Lipinski definition) is 2. The summed E-state index contributed by atoms with van der Waals surface area (Å²) in [4.78, 5) is 16.4.